The van der Waals surface area contributed by atoms with Gasteiger partial charge in [-0.05, 0) is 38.0 Å². The molecule has 1 aromatic rings. The van der Waals surface area contributed by atoms with Gasteiger partial charge in [-0.3, -0.25) is 14.7 Å². The number of carbonyl (C=O) groups excluding carboxylic acids is 1. The second kappa shape index (κ2) is 6.28. The van der Waals surface area contributed by atoms with E-state index in [-0.39, 0.29) is 5.91 Å². The molecule has 1 aromatic heterocycles. The average Bonchev–Trinajstić information content (AvgIpc) is 2.74. The highest BCUT2D eigenvalue weighted by Crippen LogP contribution is 2.37. The van der Waals surface area contributed by atoms with Crippen LogP contribution in [-0.2, 0) is 4.79 Å². The molecule has 1 aliphatic carbocycles. The largest absolute Gasteiger partial charge is 0.290 e. The van der Waals surface area contributed by atoms with Crippen LogP contribution < -0.4 is 0 Å². The normalized spacial score (nSPS) is 22.3. The molecular weight excluding hydrogens is 300 g/mol. The van der Waals surface area contributed by atoms with Crippen molar-refractivity contribution in [2.45, 2.75) is 45.1 Å². The Bertz CT molecular complexity index is 606. The molecule has 2 aliphatic rings. The number of hydrogen-bond donors (Lipinski definition) is 0. The first-order chi connectivity index (χ1) is 10.1. The number of thioether (sulfide) groups is 1. The molecule has 5 heteroatoms. The van der Waals surface area contributed by atoms with Crippen LogP contribution in [0.1, 0.15) is 43.5 Å². The van der Waals surface area contributed by atoms with Crippen LogP contribution in [-0.4, -0.2) is 26.2 Å². The van der Waals surface area contributed by atoms with Crippen molar-refractivity contribution in [3.8, 4) is 0 Å². The van der Waals surface area contributed by atoms with Crippen LogP contribution in [0, 0.1) is 6.92 Å². The summed E-state index contributed by atoms with van der Waals surface area (Å²) in [4.78, 5) is 19.6. The van der Waals surface area contributed by atoms with Crippen molar-refractivity contribution >= 4 is 40.3 Å². The topological polar surface area (TPSA) is 33.2 Å². The predicted octanol–water partition coefficient (Wildman–Crippen LogP) is 3.92. The number of hydrogen-bond acceptors (Lipinski definition) is 4. The van der Waals surface area contributed by atoms with E-state index < -0.39 is 0 Å². The Kier molecular flexibility index (Phi) is 4.40. The number of aromatic nitrogens is 1. The van der Waals surface area contributed by atoms with Crippen LogP contribution in [0.2, 0.25) is 0 Å². The number of nitrogens with zero attached hydrogens (tertiary/aromatic N) is 2. The Hall–Kier alpha value is -1.20. The van der Waals surface area contributed by atoms with Gasteiger partial charge in [0.15, 0.2) is 0 Å². The Morgan fingerprint density at radius 2 is 2.10 bits per heavy atom. The van der Waals surface area contributed by atoms with Crippen LogP contribution >= 0.6 is 24.0 Å². The molecule has 110 valence electrons. The van der Waals surface area contributed by atoms with Gasteiger partial charge in [0.05, 0.1) is 10.6 Å². The van der Waals surface area contributed by atoms with Crippen molar-refractivity contribution in [3.63, 3.8) is 0 Å². The summed E-state index contributed by atoms with van der Waals surface area (Å²) in [7, 11) is 0. The van der Waals surface area contributed by atoms with E-state index in [0.717, 1.165) is 24.2 Å². The first-order valence-electron chi connectivity index (χ1n) is 7.36. The SMILES string of the molecule is Cc1cccc(C=C2SC(=S)N(C3CCCCC3)C2=O)n1. The van der Waals surface area contributed by atoms with Crippen LogP contribution in [0.4, 0.5) is 0 Å². The second-order valence-electron chi connectivity index (χ2n) is 5.55. The van der Waals surface area contributed by atoms with E-state index in [9.17, 15) is 4.79 Å². The summed E-state index contributed by atoms with van der Waals surface area (Å²) in [6.07, 6.45) is 7.66. The molecule has 0 bridgehead atoms. The van der Waals surface area contributed by atoms with E-state index in [0.29, 0.717) is 15.3 Å². The molecule has 0 N–H and O–H groups in total. The third kappa shape index (κ3) is 3.19. The van der Waals surface area contributed by atoms with Gasteiger partial charge < -0.3 is 0 Å². The molecule has 3 rings (SSSR count). The summed E-state index contributed by atoms with van der Waals surface area (Å²) in [6, 6.07) is 6.11. The molecule has 1 saturated heterocycles. The molecule has 21 heavy (non-hydrogen) atoms. The molecule has 0 aromatic carbocycles. The van der Waals surface area contributed by atoms with Gasteiger partial charge in [0.25, 0.3) is 5.91 Å². The second-order valence-corrected chi connectivity index (χ2v) is 7.22. The molecule has 0 radical (unpaired) electrons. The minimum Gasteiger partial charge on any atom is -0.290 e. The van der Waals surface area contributed by atoms with Crippen LogP contribution in [0.15, 0.2) is 23.1 Å². The third-order valence-corrected chi connectivity index (χ3v) is 5.28. The van der Waals surface area contributed by atoms with Gasteiger partial charge >= 0.3 is 0 Å². The highest BCUT2D eigenvalue weighted by atomic mass is 32.2. The Labute approximate surface area is 134 Å². The quantitative estimate of drug-likeness (QED) is 0.611. The summed E-state index contributed by atoms with van der Waals surface area (Å²) in [6.45, 7) is 1.95. The monoisotopic (exact) mass is 318 g/mol. The fraction of sp³-hybridized carbons (Fsp3) is 0.438. The first kappa shape index (κ1) is 14.7. The van der Waals surface area contributed by atoms with Crippen molar-refractivity contribution in [1.82, 2.24) is 9.88 Å². The molecule has 2 fully saturated rings. The first-order valence-corrected chi connectivity index (χ1v) is 8.58. The number of pyridine rings is 1. The molecule has 1 amide bonds. The lowest BCUT2D eigenvalue weighted by atomic mass is 9.94. The zero-order valence-electron chi connectivity index (χ0n) is 12.0. The van der Waals surface area contributed by atoms with Gasteiger partial charge in [0.1, 0.15) is 4.32 Å². The lowest BCUT2D eigenvalue weighted by Crippen LogP contribution is -2.39. The zero-order valence-corrected chi connectivity index (χ0v) is 13.7. The molecule has 0 unspecified atom stereocenters. The highest BCUT2D eigenvalue weighted by Gasteiger charge is 2.37. The molecule has 1 aliphatic heterocycles. The molecular formula is C16H18N2OS2. The van der Waals surface area contributed by atoms with Crippen molar-refractivity contribution in [2.24, 2.45) is 0 Å². The highest BCUT2D eigenvalue weighted by molar-refractivity contribution is 8.26. The standard InChI is InChI=1S/C16H18N2OS2/c1-11-6-5-7-12(17-11)10-14-15(19)18(16(20)21-14)13-8-3-2-4-9-13/h5-7,10,13H,2-4,8-9H2,1H3. The maximum atomic E-state index is 12.6. The maximum Gasteiger partial charge on any atom is 0.266 e. The average molecular weight is 318 g/mol. The van der Waals surface area contributed by atoms with Gasteiger partial charge in [-0.25, -0.2) is 0 Å². The van der Waals surface area contributed by atoms with Crippen molar-refractivity contribution in [3.05, 3.63) is 34.5 Å². The number of carbonyl (C=O) groups is 1. The van der Waals surface area contributed by atoms with Gasteiger partial charge in [-0.2, -0.15) is 0 Å². The predicted molar refractivity (Wildman–Crippen MR) is 90.9 cm³/mol. The summed E-state index contributed by atoms with van der Waals surface area (Å²) < 4.78 is 0.700. The summed E-state index contributed by atoms with van der Waals surface area (Å²) in [5, 5.41) is 0. The Balaban J connectivity index is 1.82. The summed E-state index contributed by atoms with van der Waals surface area (Å²) >= 11 is 6.83. The van der Waals surface area contributed by atoms with E-state index in [1.165, 1.54) is 31.0 Å². The Morgan fingerprint density at radius 3 is 2.81 bits per heavy atom. The smallest absolute Gasteiger partial charge is 0.266 e. The summed E-state index contributed by atoms with van der Waals surface area (Å²) in [5.74, 6) is 0.0557. The third-order valence-electron chi connectivity index (χ3n) is 3.95. The van der Waals surface area contributed by atoms with Crippen molar-refractivity contribution < 1.29 is 4.79 Å². The van der Waals surface area contributed by atoms with Crippen LogP contribution in [0.3, 0.4) is 0 Å². The van der Waals surface area contributed by atoms with E-state index in [1.807, 2.05) is 36.1 Å². The van der Waals surface area contributed by atoms with Crippen LogP contribution in [0.5, 0.6) is 0 Å². The van der Waals surface area contributed by atoms with Gasteiger partial charge in [-0.1, -0.05) is 49.3 Å². The number of amides is 1. The van der Waals surface area contributed by atoms with E-state index in [4.69, 9.17) is 12.2 Å². The van der Waals surface area contributed by atoms with Gasteiger partial charge in [-0.15, -0.1) is 0 Å². The lowest BCUT2D eigenvalue weighted by molar-refractivity contribution is -0.124. The molecule has 2 heterocycles. The summed E-state index contributed by atoms with van der Waals surface area (Å²) in [5.41, 5.74) is 1.77. The van der Waals surface area contributed by atoms with E-state index in [1.54, 1.807) is 0 Å². The number of aryl methyl sites for hydroxylation is 1. The van der Waals surface area contributed by atoms with Crippen molar-refractivity contribution in [1.29, 1.82) is 0 Å². The lowest BCUT2D eigenvalue weighted by Gasteiger charge is -2.29. The Morgan fingerprint density at radius 1 is 1.33 bits per heavy atom. The molecule has 1 saturated carbocycles. The van der Waals surface area contributed by atoms with E-state index >= 15 is 0 Å². The minimum atomic E-state index is 0.0557. The number of rotatable bonds is 2. The molecule has 3 nitrogen and oxygen atoms in total. The fourth-order valence-corrected chi connectivity index (χ4v) is 4.30. The fourth-order valence-electron chi connectivity index (χ4n) is 2.91. The van der Waals surface area contributed by atoms with Crippen LogP contribution in [0.25, 0.3) is 6.08 Å². The molecule has 0 spiro atoms. The van der Waals surface area contributed by atoms with E-state index in [2.05, 4.69) is 4.98 Å². The minimum absolute atomic E-state index is 0.0557. The zero-order chi connectivity index (χ0) is 14.8. The maximum absolute atomic E-state index is 12.6. The van der Waals surface area contributed by atoms with Gasteiger partial charge in [0, 0.05) is 11.7 Å². The van der Waals surface area contributed by atoms with Crippen molar-refractivity contribution in [2.75, 3.05) is 0 Å². The van der Waals surface area contributed by atoms with Gasteiger partial charge in [0.2, 0.25) is 0 Å². The number of thiocarbonyl (C=S) groups is 1. The molecule has 0 atom stereocenters.